The van der Waals surface area contributed by atoms with Gasteiger partial charge in [0.2, 0.25) is 0 Å². The summed E-state index contributed by atoms with van der Waals surface area (Å²) >= 11 is 6.09. The first-order valence-electron chi connectivity index (χ1n) is 10.3. The number of anilines is 1. The minimum absolute atomic E-state index is 0.255. The first-order chi connectivity index (χ1) is 14.2. The van der Waals surface area contributed by atoms with Crippen LogP contribution in [0.4, 0.5) is 5.69 Å². The smallest absolute Gasteiger partial charge is 0.121 e. The fourth-order valence-electron chi connectivity index (χ4n) is 4.74. The van der Waals surface area contributed by atoms with Gasteiger partial charge in [0, 0.05) is 24.2 Å². The zero-order chi connectivity index (χ0) is 19.8. The molecule has 150 valence electrons. The maximum atomic E-state index is 6.19. The van der Waals surface area contributed by atoms with Gasteiger partial charge in [0.15, 0.2) is 0 Å². The largest absolute Gasteiger partial charge is 0.490 e. The average molecular weight is 409 g/mol. The molecule has 1 saturated carbocycles. The molecule has 5 rings (SSSR count). The summed E-state index contributed by atoms with van der Waals surface area (Å²) < 4.78 is 6.19. The number of nitrogens with one attached hydrogen (secondary N) is 1. The highest BCUT2D eigenvalue weighted by molar-refractivity contribution is 6.30. The number of hydrogen-bond donors (Lipinski definition) is 1. The molecule has 0 unspecified atom stereocenters. The molecule has 1 fully saturated rings. The Kier molecular flexibility index (Phi) is 4.92. The second-order valence-corrected chi connectivity index (χ2v) is 8.51. The van der Waals surface area contributed by atoms with E-state index >= 15 is 0 Å². The molecule has 1 aromatic heterocycles. The van der Waals surface area contributed by atoms with Gasteiger partial charge in [0.25, 0.3) is 0 Å². The second-order valence-electron chi connectivity index (χ2n) is 8.07. The van der Waals surface area contributed by atoms with E-state index in [1.807, 2.05) is 30.5 Å². The molecule has 1 aromatic carbocycles. The van der Waals surface area contributed by atoms with Gasteiger partial charge in [0.05, 0.1) is 35.2 Å². The maximum Gasteiger partial charge on any atom is 0.121 e. The summed E-state index contributed by atoms with van der Waals surface area (Å²) in [7, 11) is 2.15. The van der Waals surface area contributed by atoms with E-state index in [4.69, 9.17) is 16.3 Å². The van der Waals surface area contributed by atoms with Gasteiger partial charge in [-0.25, -0.2) is 0 Å². The Morgan fingerprint density at radius 2 is 2.07 bits per heavy atom. The lowest BCUT2D eigenvalue weighted by Crippen LogP contribution is -2.28. The number of hydrogen-bond acceptors (Lipinski definition) is 4. The van der Waals surface area contributed by atoms with Crippen LogP contribution < -0.4 is 20.3 Å². The molecule has 3 aliphatic rings. The summed E-state index contributed by atoms with van der Waals surface area (Å²) in [5, 5.41) is 11.4. The van der Waals surface area contributed by atoms with Crippen molar-refractivity contribution in [2.45, 2.75) is 38.3 Å². The van der Waals surface area contributed by atoms with E-state index in [0.29, 0.717) is 12.5 Å². The van der Waals surface area contributed by atoms with Crippen molar-refractivity contribution < 1.29 is 4.74 Å². The highest BCUT2D eigenvalue weighted by atomic mass is 35.5. The van der Waals surface area contributed by atoms with Crippen LogP contribution in [0.15, 0.2) is 46.6 Å². The number of H-pyrrole nitrogens is 1. The van der Waals surface area contributed by atoms with E-state index < -0.39 is 0 Å². The fourth-order valence-corrected chi connectivity index (χ4v) is 4.92. The number of azo groups is 1. The number of fused-ring (bicyclic) bond motifs is 3. The minimum Gasteiger partial charge on any atom is -0.490 e. The van der Waals surface area contributed by atoms with Crippen molar-refractivity contribution in [3.05, 3.63) is 57.7 Å². The minimum atomic E-state index is 0.255. The molecule has 0 spiro atoms. The molecule has 1 N–H and O–H groups in total. The van der Waals surface area contributed by atoms with Gasteiger partial charge < -0.3 is 14.6 Å². The molecule has 0 saturated heterocycles. The molecule has 2 aromatic rings. The fraction of sp³-hybridized carbons (Fsp3) is 0.391. The van der Waals surface area contributed by atoms with Gasteiger partial charge >= 0.3 is 0 Å². The van der Waals surface area contributed by atoms with Crippen LogP contribution in [0.2, 0.25) is 5.02 Å². The van der Waals surface area contributed by atoms with Gasteiger partial charge in [-0.3, -0.25) is 0 Å². The number of rotatable bonds is 3. The van der Waals surface area contributed by atoms with Crippen LogP contribution in [0, 0.1) is 5.92 Å². The number of aromatic amines is 1. The number of allylic oxidation sites excluding steroid dienone is 1. The molecule has 3 heterocycles. The van der Waals surface area contributed by atoms with Crippen molar-refractivity contribution in [1.82, 2.24) is 4.98 Å². The number of benzene rings is 1. The number of aromatic nitrogens is 1. The number of ether oxygens (including phenoxy) is 1. The summed E-state index contributed by atoms with van der Waals surface area (Å²) in [6.45, 7) is 1.56. The summed E-state index contributed by atoms with van der Waals surface area (Å²) in [5.41, 5.74) is 3.96. The summed E-state index contributed by atoms with van der Waals surface area (Å²) in [4.78, 5) is 5.96. The van der Waals surface area contributed by atoms with Crippen LogP contribution in [-0.2, 0) is 6.54 Å². The quantitative estimate of drug-likeness (QED) is 0.828. The molecule has 0 atom stereocenters. The van der Waals surface area contributed by atoms with Crippen LogP contribution in [0.25, 0.3) is 11.8 Å². The SMILES string of the molecule is CN1CC=CC(C2CCC(Oc3cccc(Cl)c3)CC2)=c2[nH]c3c(c21)CN=NC=3. The Bertz CT molecular complexity index is 1090. The third kappa shape index (κ3) is 3.60. The highest BCUT2D eigenvalue weighted by Crippen LogP contribution is 2.34. The van der Waals surface area contributed by atoms with E-state index in [1.54, 1.807) is 0 Å². The number of nitrogens with zero attached hydrogens (tertiary/aromatic N) is 3. The van der Waals surface area contributed by atoms with Crippen LogP contribution in [0.3, 0.4) is 0 Å². The van der Waals surface area contributed by atoms with Crippen molar-refractivity contribution in [3.8, 4) is 5.75 Å². The van der Waals surface area contributed by atoms with E-state index in [0.717, 1.165) is 48.3 Å². The molecule has 6 heteroatoms. The van der Waals surface area contributed by atoms with Crippen LogP contribution in [-0.4, -0.2) is 24.7 Å². The Morgan fingerprint density at radius 3 is 2.90 bits per heavy atom. The van der Waals surface area contributed by atoms with Crippen molar-refractivity contribution >= 4 is 29.1 Å². The topological polar surface area (TPSA) is 53.0 Å². The third-order valence-electron chi connectivity index (χ3n) is 6.16. The van der Waals surface area contributed by atoms with Gasteiger partial charge in [-0.15, -0.1) is 0 Å². The zero-order valence-electron chi connectivity index (χ0n) is 16.6. The summed E-state index contributed by atoms with van der Waals surface area (Å²) in [6.07, 6.45) is 11.0. The van der Waals surface area contributed by atoms with Gasteiger partial charge in [-0.05, 0) is 55.4 Å². The molecular formula is C23H25ClN4O. The molecule has 0 bridgehead atoms. The van der Waals surface area contributed by atoms with Gasteiger partial charge in [-0.2, -0.15) is 10.2 Å². The van der Waals surface area contributed by atoms with E-state index in [2.05, 4.69) is 39.3 Å². The molecule has 5 nitrogen and oxygen atoms in total. The van der Waals surface area contributed by atoms with Gasteiger partial charge in [0.1, 0.15) is 5.75 Å². The Labute approximate surface area is 175 Å². The van der Waals surface area contributed by atoms with Crippen molar-refractivity contribution in [2.75, 3.05) is 18.5 Å². The summed E-state index contributed by atoms with van der Waals surface area (Å²) in [5.74, 6) is 1.40. The van der Waals surface area contributed by atoms with Crippen molar-refractivity contribution in [3.63, 3.8) is 0 Å². The van der Waals surface area contributed by atoms with E-state index in [1.165, 1.54) is 22.2 Å². The molecule has 1 aliphatic carbocycles. The third-order valence-corrected chi connectivity index (χ3v) is 6.40. The lowest BCUT2D eigenvalue weighted by Gasteiger charge is -2.29. The lowest BCUT2D eigenvalue weighted by molar-refractivity contribution is 0.143. The average Bonchev–Trinajstić information content (AvgIpc) is 3.03. The Balaban J connectivity index is 1.40. The predicted octanol–water partition coefficient (Wildman–Crippen LogP) is 4.17. The van der Waals surface area contributed by atoms with Crippen molar-refractivity contribution in [1.29, 1.82) is 0 Å². The lowest BCUT2D eigenvalue weighted by atomic mass is 9.82. The molecule has 0 radical (unpaired) electrons. The molecular weight excluding hydrogens is 384 g/mol. The zero-order valence-corrected chi connectivity index (χ0v) is 17.3. The molecule has 29 heavy (non-hydrogen) atoms. The first kappa shape index (κ1) is 18.5. The van der Waals surface area contributed by atoms with Crippen LogP contribution >= 0.6 is 11.6 Å². The van der Waals surface area contributed by atoms with Crippen LogP contribution in [0.1, 0.15) is 31.2 Å². The van der Waals surface area contributed by atoms with Crippen LogP contribution in [0.5, 0.6) is 5.75 Å². The normalized spacial score (nSPS) is 23.2. The predicted molar refractivity (Wildman–Crippen MR) is 117 cm³/mol. The van der Waals surface area contributed by atoms with Crippen molar-refractivity contribution in [2.24, 2.45) is 16.1 Å². The van der Waals surface area contributed by atoms with Gasteiger partial charge in [-0.1, -0.05) is 29.8 Å². The van der Waals surface area contributed by atoms with E-state index in [-0.39, 0.29) is 6.10 Å². The van der Waals surface area contributed by atoms with E-state index in [9.17, 15) is 0 Å². The molecule has 0 amide bonds. The molecule has 2 aliphatic heterocycles. The maximum absolute atomic E-state index is 6.19. The monoisotopic (exact) mass is 408 g/mol. The highest BCUT2D eigenvalue weighted by Gasteiger charge is 2.27. The number of likely N-dealkylation sites (N-methyl/N-ethyl adjacent to an activating group) is 1. The second kappa shape index (κ2) is 7.71. The number of halogens is 1. The Hall–Kier alpha value is -2.53. The summed E-state index contributed by atoms with van der Waals surface area (Å²) in [6, 6.07) is 7.70. The standard InChI is InChI=1S/C23H25ClN4O/c1-28-11-3-6-19(22-23(28)20-13-25-26-14-21(20)27-22)15-7-9-17(10-8-15)29-18-5-2-4-16(24)12-18/h2-6,12,14-15,17,27H,7-11,13H2,1H3. The first-order valence-corrected chi connectivity index (χ1v) is 10.7. The Morgan fingerprint density at radius 1 is 1.21 bits per heavy atom.